The van der Waals surface area contributed by atoms with E-state index in [0.29, 0.717) is 36.0 Å². The molecule has 0 aliphatic carbocycles. The van der Waals surface area contributed by atoms with Crippen molar-refractivity contribution in [3.05, 3.63) is 52.5 Å². The topological polar surface area (TPSA) is 73.9 Å². The third-order valence-corrected chi connectivity index (χ3v) is 3.77. The molecular weight excluding hydrogens is 378 g/mol. The second-order valence-corrected chi connectivity index (χ2v) is 5.91. The zero-order valence-corrected chi connectivity index (χ0v) is 14.2. The molecule has 1 aliphatic heterocycles. The van der Waals surface area contributed by atoms with Crippen LogP contribution in [-0.2, 0) is 9.53 Å². The number of esters is 1. The van der Waals surface area contributed by atoms with Crippen LogP contribution in [0.4, 0.5) is 5.69 Å². The highest BCUT2D eigenvalue weighted by atomic mass is 79.9. The Labute approximate surface area is 146 Å². The zero-order valence-electron chi connectivity index (χ0n) is 12.6. The van der Waals surface area contributed by atoms with Crippen molar-refractivity contribution in [3.63, 3.8) is 0 Å². The Morgan fingerprint density at radius 3 is 2.50 bits per heavy atom. The Morgan fingerprint density at radius 1 is 1.04 bits per heavy atom. The number of anilines is 1. The molecule has 6 nitrogen and oxygen atoms in total. The number of nitrogens with one attached hydrogen (secondary N) is 1. The van der Waals surface area contributed by atoms with Crippen molar-refractivity contribution in [1.82, 2.24) is 0 Å². The Morgan fingerprint density at radius 2 is 1.75 bits per heavy atom. The number of ether oxygens (including phenoxy) is 3. The lowest BCUT2D eigenvalue weighted by molar-refractivity contribution is -0.119. The van der Waals surface area contributed by atoms with Crippen LogP contribution < -0.4 is 14.8 Å². The number of benzene rings is 2. The molecule has 0 bridgehead atoms. The van der Waals surface area contributed by atoms with Gasteiger partial charge in [-0.25, -0.2) is 4.79 Å². The highest BCUT2D eigenvalue weighted by Crippen LogP contribution is 2.32. The summed E-state index contributed by atoms with van der Waals surface area (Å²) in [4.78, 5) is 23.8. The molecule has 7 heteroatoms. The number of carbonyl (C=O) groups is 2. The number of rotatable bonds is 4. The number of fused-ring (bicyclic) bond motifs is 1. The molecule has 0 atom stereocenters. The highest BCUT2D eigenvalue weighted by Gasteiger charge is 2.14. The second-order valence-electron chi connectivity index (χ2n) is 4.99. The van der Waals surface area contributed by atoms with E-state index in [4.69, 9.17) is 14.2 Å². The summed E-state index contributed by atoms with van der Waals surface area (Å²) >= 11 is 3.28. The number of hydrogen-bond acceptors (Lipinski definition) is 5. The van der Waals surface area contributed by atoms with Gasteiger partial charge in [-0.2, -0.15) is 0 Å². The van der Waals surface area contributed by atoms with Gasteiger partial charge in [0.2, 0.25) is 0 Å². The van der Waals surface area contributed by atoms with Crippen LogP contribution in [0.2, 0.25) is 0 Å². The molecule has 3 rings (SSSR count). The quantitative estimate of drug-likeness (QED) is 0.810. The maximum Gasteiger partial charge on any atom is 0.338 e. The summed E-state index contributed by atoms with van der Waals surface area (Å²) in [6.45, 7) is 0.600. The number of carbonyl (C=O) groups excluding carboxylic acids is 2. The van der Waals surface area contributed by atoms with Crippen molar-refractivity contribution in [2.75, 3.05) is 25.1 Å². The van der Waals surface area contributed by atoms with E-state index in [1.54, 1.807) is 42.5 Å². The third kappa shape index (κ3) is 4.05. The molecule has 2 aromatic rings. The molecule has 0 fully saturated rings. The molecule has 0 saturated heterocycles. The normalized spacial score (nSPS) is 12.4. The summed E-state index contributed by atoms with van der Waals surface area (Å²) in [6, 6.07) is 11.8. The first-order valence-electron chi connectivity index (χ1n) is 7.24. The van der Waals surface area contributed by atoms with Gasteiger partial charge >= 0.3 is 5.97 Å². The fourth-order valence-electron chi connectivity index (χ4n) is 2.12. The van der Waals surface area contributed by atoms with Gasteiger partial charge in [0.05, 0.1) is 5.56 Å². The molecule has 0 aromatic heterocycles. The third-order valence-electron chi connectivity index (χ3n) is 3.24. The maximum absolute atomic E-state index is 11.9. The maximum atomic E-state index is 11.9. The molecule has 1 aliphatic rings. The molecule has 124 valence electrons. The molecule has 0 spiro atoms. The van der Waals surface area contributed by atoms with Crippen molar-refractivity contribution in [2.45, 2.75) is 0 Å². The lowest BCUT2D eigenvalue weighted by atomic mass is 10.2. The summed E-state index contributed by atoms with van der Waals surface area (Å²) in [5.74, 6) is 0.226. The Hall–Kier alpha value is -2.54. The van der Waals surface area contributed by atoms with Crippen molar-refractivity contribution in [1.29, 1.82) is 0 Å². The summed E-state index contributed by atoms with van der Waals surface area (Å²) in [6.07, 6.45) is 0. The van der Waals surface area contributed by atoms with E-state index in [9.17, 15) is 9.59 Å². The summed E-state index contributed by atoms with van der Waals surface area (Å²) in [7, 11) is 0. The lowest BCUT2D eigenvalue weighted by Crippen LogP contribution is -2.21. The van der Waals surface area contributed by atoms with E-state index >= 15 is 0 Å². The van der Waals surface area contributed by atoms with Crippen LogP contribution in [0.3, 0.4) is 0 Å². The van der Waals surface area contributed by atoms with E-state index in [1.807, 2.05) is 0 Å². The van der Waals surface area contributed by atoms with Crippen molar-refractivity contribution in [2.24, 2.45) is 0 Å². The largest absolute Gasteiger partial charge is 0.486 e. The lowest BCUT2D eigenvalue weighted by Gasteiger charge is -2.19. The molecule has 1 heterocycles. The van der Waals surface area contributed by atoms with Crippen molar-refractivity contribution < 1.29 is 23.8 Å². The molecule has 0 unspecified atom stereocenters. The van der Waals surface area contributed by atoms with Crippen molar-refractivity contribution in [3.8, 4) is 11.5 Å². The fraction of sp³-hybridized carbons (Fsp3) is 0.176. The predicted molar refractivity (Wildman–Crippen MR) is 90.5 cm³/mol. The van der Waals surface area contributed by atoms with E-state index in [-0.39, 0.29) is 6.61 Å². The molecule has 1 amide bonds. The van der Waals surface area contributed by atoms with Crippen molar-refractivity contribution >= 4 is 33.5 Å². The van der Waals surface area contributed by atoms with Gasteiger partial charge in [-0.05, 0) is 36.4 Å². The van der Waals surface area contributed by atoms with Gasteiger partial charge in [0.1, 0.15) is 13.2 Å². The molecular formula is C17H14BrNO5. The number of hydrogen-bond donors (Lipinski definition) is 1. The molecule has 1 N–H and O–H groups in total. The Balaban J connectivity index is 1.54. The smallest absolute Gasteiger partial charge is 0.338 e. The SMILES string of the molecule is O=C(COC(=O)c1ccc(Br)cc1)Nc1ccc2c(c1)OCCO2. The molecule has 0 saturated carbocycles. The van der Waals surface area contributed by atoms with Gasteiger partial charge in [0, 0.05) is 16.2 Å². The van der Waals surface area contributed by atoms with Crippen LogP contribution >= 0.6 is 15.9 Å². The fourth-order valence-corrected chi connectivity index (χ4v) is 2.38. The Kier molecular flexibility index (Phi) is 5.00. The van der Waals surface area contributed by atoms with Crippen LogP contribution in [0.5, 0.6) is 11.5 Å². The van der Waals surface area contributed by atoms with Crippen LogP contribution in [0, 0.1) is 0 Å². The van der Waals surface area contributed by atoms with Gasteiger partial charge in [-0.1, -0.05) is 15.9 Å². The van der Waals surface area contributed by atoms with Crippen LogP contribution in [0.15, 0.2) is 46.9 Å². The van der Waals surface area contributed by atoms with E-state index < -0.39 is 11.9 Å². The average Bonchev–Trinajstić information content (AvgIpc) is 2.60. The van der Waals surface area contributed by atoms with Crippen LogP contribution in [-0.4, -0.2) is 31.7 Å². The monoisotopic (exact) mass is 391 g/mol. The standard InChI is InChI=1S/C17H14BrNO5/c18-12-3-1-11(2-4-12)17(21)24-10-16(20)19-13-5-6-14-15(9-13)23-8-7-22-14/h1-6,9H,7-8,10H2,(H,19,20). The first-order chi connectivity index (χ1) is 11.6. The van der Waals surface area contributed by atoms with Gasteiger partial charge in [0.15, 0.2) is 18.1 Å². The molecule has 0 radical (unpaired) electrons. The Bertz CT molecular complexity index is 760. The minimum atomic E-state index is -0.556. The average molecular weight is 392 g/mol. The van der Waals surface area contributed by atoms with E-state index in [0.717, 1.165) is 4.47 Å². The highest BCUT2D eigenvalue weighted by molar-refractivity contribution is 9.10. The zero-order chi connectivity index (χ0) is 16.9. The second kappa shape index (κ2) is 7.35. The molecule has 2 aromatic carbocycles. The predicted octanol–water partition coefficient (Wildman–Crippen LogP) is 3.02. The van der Waals surface area contributed by atoms with Crippen LogP contribution in [0.1, 0.15) is 10.4 Å². The van der Waals surface area contributed by atoms with E-state index in [2.05, 4.69) is 21.2 Å². The summed E-state index contributed by atoms with van der Waals surface area (Å²) in [5, 5.41) is 2.65. The minimum Gasteiger partial charge on any atom is -0.486 e. The first kappa shape index (κ1) is 16.3. The first-order valence-corrected chi connectivity index (χ1v) is 8.03. The van der Waals surface area contributed by atoms with Gasteiger partial charge in [-0.15, -0.1) is 0 Å². The molecule has 24 heavy (non-hydrogen) atoms. The van der Waals surface area contributed by atoms with Gasteiger partial charge < -0.3 is 19.5 Å². The van der Waals surface area contributed by atoms with E-state index in [1.165, 1.54) is 0 Å². The number of amides is 1. The van der Waals surface area contributed by atoms with Crippen LogP contribution in [0.25, 0.3) is 0 Å². The van der Waals surface area contributed by atoms with Gasteiger partial charge in [0.25, 0.3) is 5.91 Å². The van der Waals surface area contributed by atoms with Gasteiger partial charge in [-0.3, -0.25) is 4.79 Å². The summed E-state index contributed by atoms with van der Waals surface area (Å²) < 4.78 is 16.7. The summed E-state index contributed by atoms with van der Waals surface area (Å²) in [5.41, 5.74) is 0.925. The number of halogens is 1. The minimum absolute atomic E-state index is 0.372.